The minimum absolute atomic E-state index is 0.0140. The van der Waals surface area contributed by atoms with E-state index in [0.29, 0.717) is 5.11 Å². The summed E-state index contributed by atoms with van der Waals surface area (Å²) in [5, 5.41) is 3.23. The molecule has 0 spiro atoms. The largest absolute Gasteiger partial charge is 0.364 e. The maximum Gasteiger partial charge on any atom is 0.251 e. The van der Waals surface area contributed by atoms with Crippen molar-refractivity contribution >= 4 is 35.0 Å². The van der Waals surface area contributed by atoms with Gasteiger partial charge in [0.1, 0.15) is 0 Å². The van der Waals surface area contributed by atoms with Gasteiger partial charge in [0.05, 0.1) is 5.25 Å². The summed E-state index contributed by atoms with van der Waals surface area (Å²) in [6.45, 7) is 0. The maximum atomic E-state index is 11.4. The second-order valence-electron chi connectivity index (χ2n) is 2.70. The molecule has 0 bridgehead atoms. The molecule has 4 nitrogen and oxygen atoms in total. The number of hydrogen-bond acceptors (Lipinski definition) is 3. The molecule has 1 fully saturated rings. The first kappa shape index (κ1) is 10.6. The zero-order valence-corrected chi connectivity index (χ0v) is 9.06. The van der Waals surface area contributed by atoms with Crippen molar-refractivity contribution < 1.29 is 4.79 Å². The van der Waals surface area contributed by atoms with E-state index in [1.165, 1.54) is 0 Å². The number of thiocarbonyl (C=S) groups is 1. The molecule has 1 aliphatic heterocycles. The zero-order chi connectivity index (χ0) is 9.68. The molecule has 74 valence electrons. The number of nitrogens with one attached hydrogen (secondary N) is 3. The van der Waals surface area contributed by atoms with E-state index in [1.54, 1.807) is 18.8 Å². The molecule has 0 aromatic heterocycles. The summed E-state index contributed by atoms with van der Waals surface area (Å²) in [5.41, 5.74) is 5.18. The molecule has 1 amide bonds. The molecule has 0 saturated carbocycles. The van der Waals surface area contributed by atoms with Crippen LogP contribution in [-0.4, -0.2) is 29.1 Å². The van der Waals surface area contributed by atoms with Gasteiger partial charge in [-0.2, -0.15) is 0 Å². The van der Waals surface area contributed by atoms with E-state index in [1.807, 2.05) is 0 Å². The molecular formula is C7H13N3OS2. The first-order valence-electron chi connectivity index (χ1n) is 4.13. The molecular weight excluding hydrogens is 206 g/mol. The van der Waals surface area contributed by atoms with Gasteiger partial charge in [0.2, 0.25) is 0 Å². The van der Waals surface area contributed by atoms with E-state index in [2.05, 4.69) is 16.2 Å². The Labute approximate surface area is 87.2 Å². The van der Waals surface area contributed by atoms with Gasteiger partial charge in [0, 0.05) is 7.05 Å². The van der Waals surface area contributed by atoms with Crippen molar-refractivity contribution in [3.8, 4) is 0 Å². The van der Waals surface area contributed by atoms with E-state index in [4.69, 9.17) is 12.2 Å². The summed E-state index contributed by atoms with van der Waals surface area (Å²) >= 11 is 6.50. The summed E-state index contributed by atoms with van der Waals surface area (Å²) in [6.07, 6.45) is 2.09. The summed E-state index contributed by atoms with van der Waals surface area (Å²) in [5.74, 6) is 1.09. The molecule has 1 aliphatic rings. The summed E-state index contributed by atoms with van der Waals surface area (Å²) in [6, 6.07) is 0. The van der Waals surface area contributed by atoms with Crippen LogP contribution in [0.5, 0.6) is 0 Å². The highest BCUT2D eigenvalue weighted by atomic mass is 32.2. The van der Waals surface area contributed by atoms with Crippen LogP contribution in [0.3, 0.4) is 0 Å². The monoisotopic (exact) mass is 219 g/mol. The molecule has 0 aromatic rings. The van der Waals surface area contributed by atoms with Crippen LogP contribution < -0.4 is 16.2 Å². The number of amides is 1. The van der Waals surface area contributed by atoms with Crippen molar-refractivity contribution in [2.24, 2.45) is 0 Å². The van der Waals surface area contributed by atoms with Crippen LogP contribution >= 0.6 is 24.0 Å². The van der Waals surface area contributed by atoms with Crippen molar-refractivity contribution in [2.75, 3.05) is 12.8 Å². The Bertz CT molecular complexity index is 204. The molecule has 3 N–H and O–H groups in total. The van der Waals surface area contributed by atoms with Gasteiger partial charge in [0.25, 0.3) is 5.91 Å². The molecule has 13 heavy (non-hydrogen) atoms. The Morgan fingerprint density at radius 2 is 2.31 bits per heavy atom. The highest BCUT2D eigenvalue weighted by Gasteiger charge is 2.22. The van der Waals surface area contributed by atoms with Crippen molar-refractivity contribution in [3.05, 3.63) is 0 Å². The first-order valence-corrected chi connectivity index (χ1v) is 5.59. The van der Waals surface area contributed by atoms with E-state index in [9.17, 15) is 4.79 Å². The first-order chi connectivity index (χ1) is 6.24. The number of carbonyl (C=O) groups is 1. The van der Waals surface area contributed by atoms with Gasteiger partial charge in [-0.25, -0.2) is 0 Å². The lowest BCUT2D eigenvalue weighted by Crippen LogP contribution is -2.48. The maximum absolute atomic E-state index is 11.4. The third-order valence-corrected chi connectivity index (χ3v) is 3.43. The molecule has 1 unspecified atom stereocenters. The molecule has 1 heterocycles. The predicted octanol–water partition coefficient (Wildman–Crippen LogP) is 0.00710. The van der Waals surface area contributed by atoms with Crippen LogP contribution in [0.2, 0.25) is 0 Å². The fraction of sp³-hybridized carbons (Fsp3) is 0.714. The van der Waals surface area contributed by atoms with Crippen molar-refractivity contribution in [1.29, 1.82) is 0 Å². The van der Waals surface area contributed by atoms with Gasteiger partial charge >= 0.3 is 0 Å². The molecule has 1 atom stereocenters. The van der Waals surface area contributed by atoms with Gasteiger partial charge in [-0.3, -0.25) is 15.6 Å². The average molecular weight is 219 g/mol. The van der Waals surface area contributed by atoms with E-state index >= 15 is 0 Å². The normalized spacial score (nSPS) is 20.8. The third-order valence-electron chi connectivity index (χ3n) is 1.75. The minimum Gasteiger partial charge on any atom is -0.364 e. The fourth-order valence-electron chi connectivity index (χ4n) is 1.05. The highest BCUT2D eigenvalue weighted by molar-refractivity contribution is 8.00. The van der Waals surface area contributed by atoms with Crippen LogP contribution in [0, 0.1) is 0 Å². The second-order valence-corrected chi connectivity index (χ2v) is 4.41. The Kier molecular flexibility index (Phi) is 4.31. The summed E-state index contributed by atoms with van der Waals surface area (Å²) in [4.78, 5) is 11.4. The van der Waals surface area contributed by atoms with Crippen LogP contribution in [0.15, 0.2) is 0 Å². The molecule has 1 rings (SSSR count). The third kappa shape index (κ3) is 3.40. The summed E-state index contributed by atoms with van der Waals surface area (Å²) < 4.78 is 0. The van der Waals surface area contributed by atoms with Crippen LogP contribution in [-0.2, 0) is 4.79 Å². The lowest BCUT2D eigenvalue weighted by Gasteiger charge is -2.11. The Balaban J connectivity index is 2.20. The SMILES string of the molecule is CNC(=S)NNC(=O)C1CCCS1. The lowest BCUT2D eigenvalue weighted by molar-refractivity contribution is -0.121. The summed E-state index contributed by atoms with van der Waals surface area (Å²) in [7, 11) is 1.70. The van der Waals surface area contributed by atoms with Crippen LogP contribution in [0.1, 0.15) is 12.8 Å². The second kappa shape index (κ2) is 5.29. The molecule has 0 radical (unpaired) electrons. The fourth-order valence-corrected chi connectivity index (χ4v) is 2.26. The number of hydrazine groups is 1. The van der Waals surface area contributed by atoms with Crippen molar-refractivity contribution in [3.63, 3.8) is 0 Å². The average Bonchev–Trinajstić information content (AvgIpc) is 2.66. The zero-order valence-electron chi connectivity index (χ0n) is 7.42. The minimum atomic E-state index is 0.0140. The Morgan fingerprint density at radius 3 is 2.85 bits per heavy atom. The van der Waals surface area contributed by atoms with E-state index in [0.717, 1.165) is 18.6 Å². The lowest BCUT2D eigenvalue weighted by atomic mass is 10.2. The topological polar surface area (TPSA) is 53.2 Å². The molecule has 1 saturated heterocycles. The van der Waals surface area contributed by atoms with Gasteiger partial charge in [0.15, 0.2) is 5.11 Å². The molecule has 0 aliphatic carbocycles. The van der Waals surface area contributed by atoms with Gasteiger partial charge in [-0.1, -0.05) is 0 Å². The van der Waals surface area contributed by atoms with Gasteiger partial charge in [-0.05, 0) is 30.8 Å². The van der Waals surface area contributed by atoms with E-state index < -0.39 is 0 Å². The number of thioether (sulfide) groups is 1. The van der Waals surface area contributed by atoms with Crippen molar-refractivity contribution in [1.82, 2.24) is 16.2 Å². The van der Waals surface area contributed by atoms with Gasteiger partial charge < -0.3 is 5.32 Å². The number of hydrogen-bond donors (Lipinski definition) is 3. The van der Waals surface area contributed by atoms with Gasteiger partial charge in [-0.15, -0.1) is 11.8 Å². The van der Waals surface area contributed by atoms with Crippen LogP contribution in [0.4, 0.5) is 0 Å². The highest BCUT2D eigenvalue weighted by Crippen LogP contribution is 2.25. The Hall–Kier alpha value is -0.490. The standard InChI is InChI=1S/C7H13N3OS2/c1-8-7(12)10-9-6(11)5-3-2-4-13-5/h5H,2-4H2,1H3,(H,9,11)(H2,8,10,12). The predicted molar refractivity (Wildman–Crippen MR) is 58.4 cm³/mol. The molecule has 0 aromatic carbocycles. The Morgan fingerprint density at radius 1 is 1.54 bits per heavy atom. The quantitative estimate of drug-likeness (QED) is 0.428. The van der Waals surface area contributed by atoms with Crippen molar-refractivity contribution in [2.45, 2.75) is 18.1 Å². The smallest absolute Gasteiger partial charge is 0.251 e. The molecule has 6 heteroatoms. The number of carbonyl (C=O) groups excluding carboxylic acids is 1. The van der Waals surface area contributed by atoms with Crippen LogP contribution in [0.25, 0.3) is 0 Å². The van der Waals surface area contributed by atoms with E-state index in [-0.39, 0.29) is 11.2 Å². The number of rotatable bonds is 1.